The summed E-state index contributed by atoms with van der Waals surface area (Å²) in [4.78, 5) is 4.63. The fourth-order valence-electron chi connectivity index (χ4n) is 1.74. The zero-order valence-corrected chi connectivity index (χ0v) is 12.4. The first-order valence-electron chi connectivity index (χ1n) is 6.42. The van der Waals surface area contributed by atoms with Crippen molar-refractivity contribution in [3.63, 3.8) is 0 Å². The van der Waals surface area contributed by atoms with E-state index >= 15 is 0 Å². The lowest BCUT2D eigenvalue weighted by Crippen LogP contribution is -2.17. The van der Waals surface area contributed by atoms with Gasteiger partial charge >= 0.3 is 0 Å². The van der Waals surface area contributed by atoms with E-state index in [0.29, 0.717) is 11.1 Å². The van der Waals surface area contributed by atoms with E-state index in [4.69, 9.17) is 11.6 Å². The lowest BCUT2D eigenvalue weighted by Gasteiger charge is -2.17. The largest absolute Gasteiger partial charge is 0.211 e. The molecule has 0 fully saturated rings. The number of aromatic nitrogens is 3. The zero-order chi connectivity index (χ0) is 13.5. The van der Waals surface area contributed by atoms with Gasteiger partial charge in [0.25, 0.3) is 0 Å². The Hall–Kier alpha value is -1.09. The number of fused-ring (bicyclic) bond motifs is 1. The van der Waals surface area contributed by atoms with Crippen molar-refractivity contribution in [2.24, 2.45) is 0 Å². The van der Waals surface area contributed by atoms with Crippen molar-refractivity contribution in [2.75, 3.05) is 0 Å². The van der Waals surface area contributed by atoms with Crippen LogP contribution in [0.25, 0.3) is 5.65 Å². The summed E-state index contributed by atoms with van der Waals surface area (Å²) in [7, 11) is 0. The van der Waals surface area contributed by atoms with Gasteiger partial charge in [0.05, 0.1) is 0 Å². The molecule has 0 bridgehead atoms. The lowest BCUT2D eigenvalue weighted by molar-refractivity contribution is 0.473. The fraction of sp³-hybridized carbons (Fsp3) is 0.571. The molecule has 4 heteroatoms. The Bertz CT molecular complexity index is 570. The number of rotatable bonds is 3. The Balaban J connectivity index is 2.61. The molecule has 98 valence electrons. The van der Waals surface area contributed by atoms with E-state index in [9.17, 15) is 0 Å². The first-order valence-corrected chi connectivity index (χ1v) is 6.79. The third-order valence-electron chi connectivity index (χ3n) is 3.57. The van der Waals surface area contributed by atoms with E-state index < -0.39 is 0 Å². The molecule has 0 aliphatic heterocycles. The van der Waals surface area contributed by atoms with E-state index in [2.05, 4.69) is 50.8 Å². The molecule has 3 nitrogen and oxygen atoms in total. The monoisotopic (exact) mass is 265 g/mol. The molecule has 0 aromatic carbocycles. The Morgan fingerprint density at radius 2 is 2.00 bits per heavy atom. The van der Waals surface area contributed by atoms with Gasteiger partial charge in [-0.3, -0.25) is 0 Å². The van der Waals surface area contributed by atoms with E-state index in [1.54, 1.807) is 4.52 Å². The fourth-order valence-corrected chi connectivity index (χ4v) is 1.99. The van der Waals surface area contributed by atoms with Gasteiger partial charge in [-0.2, -0.15) is 0 Å². The van der Waals surface area contributed by atoms with Gasteiger partial charge in [0.1, 0.15) is 5.15 Å². The molecule has 2 rings (SSSR count). The highest BCUT2D eigenvalue weighted by atomic mass is 35.5. The Kier molecular flexibility index (Phi) is 3.37. The van der Waals surface area contributed by atoms with Gasteiger partial charge in [-0.25, -0.2) is 9.50 Å². The third-order valence-corrected chi connectivity index (χ3v) is 3.84. The molecule has 2 aromatic rings. The summed E-state index contributed by atoms with van der Waals surface area (Å²) in [6.07, 6.45) is 0.999. The molecule has 0 radical (unpaired) electrons. The minimum absolute atomic E-state index is 0.0205. The highest BCUT2D eigenvalue weighted by molar-refractivity contribution is 6.29. The quantitative estimate of drug-likeness (QED) is 0.779. The molecule has 0 N–H and O–H groups in total. The standard InChI is InChI=1S/C14H20ClN3/c1-6-14(4,5)13-16-12-8-10(9(2)3)7-11(15)18(12)17-13/h7-9H,6H2,1-5H3. The predicted molar refractivity (Wildman–Crippen MR) is 75.4 cm³/mol. The summed E-state index contributed by atoms with van der Waals surface area (Å²) in [5.74, 6) is 1.29. The van der Waals surface area contributed by atoms with Crippen molar-refractivity contribution in [2.45, 2.75) is 52.4 Å². The van der Waals surface area contributed by atoms with Crippen LogP contribution in [0.2, 0.25) is 5.15 Å². The Labute approximate surface area is 113 Å². The van der Waals surface area contributed by atoms with Crippen molar-refractivity contribution in [3.05, 3.63) is 28.7 Å². The Morgan fingerprint density at radius 3 is 2.56 bits per heavy atom. The van der Waals surface area contributed by atoms with Gasteiger partial charge in [0, 0.05) is 5.41 Å². The zero-order valence-electron chi connectivity index (χ0n) is 11.7. The normalized spacial score (nSPS) is 12.6. The maximum absolute atomic E-state index is 6.27. The van der Waals surface area contributed by atoms with E-state index in [1.165, 1.54) is 5.56 Å². The molecule has 0 aliphatic rings. The number of hydrogen-bond donors (Lipinski definition) is 0. The maximum atomic E-state index is 6.27. The summed E-state index contributed by atoms with van der Waals surface area (Å²) in [6, 6.07) is 4.04. The number of hydrogen-bond acceptors (Lipinski definition) is 2. The smallest absolute Gasteiger partial charge is 0.157 e. The molecule has 0 atom stereocenters. The second kappa shape index (κ2) is 4.54. The van der Waals surface area contributed by atoms with Gasteiger partial charge in [0.2, 0.25) is 0 Å². The highest BCUT2D eigenvalue weighted by Crippen LogP contribution is 2.27. The van der Waals surface area contributed by atoms with Crippen LogP contribution in [0.4, 0.5) is 0 Å². The molecule has 2 heterocycles. The van der Waals surface area contributed by atoms with Crippen molar-refractivity contribution in [3.8, 4) is 0 Å². The van der Waals surface area contributed by atoms with E-state index in [0.717, 1.165) is 17.9 Å². The number of nitrogens with zero attached hydrogens (tertiary/aromatic N) is 3. The average Bonchev–Trinajstić information content (AvgIpc) is 2.74. The number of pyridine rings is 1. The Morgan fingerprint density at radius 1 is 1.33 bits per heavy atom. The summed E-state index contributed by atoms with van der Waals surface area (Å²) in [5.41, 5.74) is 2.01. The van der Waals surface area contributed by atoms with Crippen LogP contribution >= 0.6 is 11.6 Å². The molecule has 0 aliphatic carbocycles. The minimum atomic E-state index is -0.0205. The average molecular weight is 266 g/mol. The summed E-state index contributed by atoms with van der Waals surface area (Å²) in [6.45, 7) is 10.7. The van der Waals surface area contributed by atoms with Crippen LogP contribution in [0.5, 0.6) is 0 Å². The van der Waals surface area contributed by atoms with Crippen LogP contribution < -0.4 is 0 Å². The molecule has 0 amide bonds. The van der Waals surface area contributed by atoms with Crippen LogP contribution in [-0.4, -0.2) is 14.6 Å². The summed E-state index contributed by atoms with van der Waals surface area (Å²) in [5, 5.41) is 5.16. The predicted octanol–water partition coefficient (Wildman–Crippen LogP) is 4.19. The number of halogens is 1. The van der Waals surface area contributed by atoms with E-state index in [1.807, 2.05) is 6.07 Å². The molecule has 0 spiro atoms. The maximum Gasteiger partial charge on any atom is 0.157 e. The molecular weight excluding hydrogens is 246 g/mol. The lowest BCUT2D eigenvalue weighted by atomic mass is 9.90. The second-order valence-electron chi connectivity index (χ2n) is 5.71. The van der Waals surface area contributed by atoms with Gasteiger partial charge in [-0.1, -0.05) is 46.2 Å². The van der Waals surface area contributed by atoms with Crippen LogP contribution in [0.3, 0.4) is 0 Å². The third kappa shape index (κ3) is 2.24. The van der Waals surface area contributed by atoms with Gasteiger partial charge in [-0.15, -0.1) is 5.10 Å². The summed E-state index contributed by atoms with van der Waals surface area (Å²) >= 11 is 6.27. The van der Waals surface area contributed by atoms with Crippen LogP contribution in [0.1, 0.15) is 58.3 Å². The SMILES string of the molecule is CCC(C)(C)c1nc2cc(C(C)C)cc(Cl)n2n1. The summed E-state index contributed by atoms with van der Waals surface area (Å²) < 4.78 is 1.72. The van der Waals surface area contributed by atoms with Crippen molar-refractivity contribution in [1.82, 2.24) is 14.6 Å². The second-order valence-corrected chi connectivity index (χ2v) is 6.10. The van der Waals surface area contributed by atoms with Crippen molar-refractivity contribution < 1.29 is 0 Å². The van der Waals surface area contributed by atoms with E-state index in [-0.39, 0.29) is 5.41 Å². The molecule has 0 saturated carbocycles. The first-order chi connectivity index (χ1) is 8.35. The molecule has 18 heavy (non-hydrogen) atoms. The highest BCUT2D eigenvalue weighted by Gasteiger charge is 2.24. The molecule has 0 saturated heterocycles. The van der Waals surface area contributed by atoms with Crippen LogP contribution in [0, 0.1) is 0 Å². The first kappa shape index (κ1) is 13.3. The van der Waals surface area contributed by atoms with Crippen molar-refractivity contribution >= 4 is 17.2 Å². The topological polar surface area (TPSA) is 30.2 Å². The van der Waals surface area contributed by atoms with Crippen LogP contribution in [0.15, 0.2) is 12.1 Å². The molecule has 0 unspecified atom stereocenters. The molecule has 2 aromatic heterocycles. The molecular formula is C14H20ClN3. The van der Waals surface area contributed by atoms with Gasteiger partial charge in [0.15, 0.2) is 11.5 Å². The van der Waals surface area contributed by atoms with Crippen molar-refractivity contribution in [1.29, 1.82) is 0 Å². The van der Waals surface area contributed by atoms with Crippen LogP contribution in [-0.2, 0) is 5.41 Å². The van der Waals surface area contributed by atoms with Gasteiger partial charge < -0.3 is 0 Å². The van der Waals surface area contributed by atoms with Gasteiger partial charge in [-0.05, 0) is 30.0 Å². The minimum Gasteiger partial charge on any atom is -0.211 e.